The van der Waals surface area contributed by atoms with Crippen LogP contribution in [0, 0.1) is 0 Å². The average molecular weight is 193 g/mol. The fourth-order valence-corrected chi connectivity index (χ4v) is 3.10. The zero-order valence-electron chi connectivity index (χ0n) is 8.45. The molecule has 0 N–H and O–H groups in total. The Hall–Kier alpha value is -0.353. The van der Waals surface area contributed by atoms with E-state index >= 15 is 0 Å². The zero-order valence-corrected chi connectivity index (χ0v) is 9.27. The third-order valence-electron chi connectivity index (χ3n) is 2.52. The molecule has 1 aromatic rings. The summed E-state index contributed by atoms with van der Waals surface area (Å²) in [7, 11) is 0. The minimum atomic E-state index is 0. The molecule has 0 spiro atoms. The van der Waals surface area contributed by atoms with Crippen LogP contribution in [0.2, 0.25) is 0 Å². The molecule has 1 heterocycles. The van der Waals surface area contributed by atoms with Gasteiger partial charge < -0.3 is 0 Å². The Morgan fingerprint density at radius 2 is 2.00 bits per heavy atom. The van der Waals surface area contributed by atoms with Crippen molar-refractivity contribution < 1.29 is 0 Å². The van der Waals surface area contributed by atoms with E-state index in [1.54, 1.807) is 0 Å². The smallest absolute Gasteiger partial charge is 0.0255 e. The van der Waals surface area contributed by atoms with Crippen LogP contribution in [0.3, 0.4) is 0 Å². The summed E-state index contributed by atoms with van der Waals surface area (Å²) in [5.74, 6) is 0. The van der Waals surface area contributed by atoms with Crippen molar-refractivity contribution in [1.29, 1.82) is 0 Å². The molecule has 0 aromatic heterocycles. The maximum absolute atomic E-state index is 2.34. The largest absolute Gasteiger partial charge is 0.118 e. The number of rotatable bonds is 0. The molecule has 1 aliphatic carbocycles. The molecule has 2 aliphatic rings. The first-order chi connectivity index (χ1) is 6.34. The summed E-state index contributed by atoms with van der Waals surface area (Å²) >= 11 is 1.97. The summed E-state index contributed by atoms with van der Waals surface area (Å²) in [4.78, 5) is 1.47. The molecule has 0 fully saturated rings. The van der Waals surface area contributed by atoms with Gasteiger partial charge in [0.05, 0.1) is 0 Å². The Morgan fingerprint density at radius 1 is 1.21 bits per heavy atom. The van der Waals surface area contributed by atoms with Gasteiger partial charge >= 0.3 is 0 Å². The molecule has 1 aliphatic heterocycles. The van der Waals surface area contributed by atoms with Gasteiger partial charge in [0.15, 0.2) is 0 Å². The van der Waals surface area contributed by atoms with Crippen molar-refractivity contribution in [2.75, 3.05) is 0 Å². The summed E-state index contributed by atoms with van der Waals surface area (Å²) < 4.78 is 0. The fourth-order valence-electron chi connectivity index (χ4n) is 1.93. The van der Waals surface area contributed by atoms with Gasteiger partial charge in [0.2, 0.25) is 0 Å². The molecule has 1 unspecified atom stereocenters. The zero-order chi connectivity index (χ0) is 8.84. The number of hydrogen-bond acceptors (Lipinski definition) is 1. The van der Waals surface area contributed by atoms with Gasteiger partial charge in [0, 0.05) is 29.0 Å². The van der Waals surface area contributed by atoms with Crippen LogP contribution in [0.15, 0.2) is 23.1 Å². The van der Waals surface area contributed by atoms with Gasteiger partial charge in [-0.1, -0.05) is 36.4 Å². The van der Waals surface area contributed by atoms with Gasteiger partial charge in [-0.25, -0.2) is 0 Å². The summed E-state index contributed by atoms with van der Waals surface area (Å²) in [6, 6.07) is 4.44. The van der Waals surface area contributed by atoms with E-state index < -0.39 is 0 Å². The van der Waals surface area contributed by atoms with Crippen molar-refractivity contribution in [1.82, 2.24) is 0 Å². The molecule has 0 saturated carbocycles. The Balaban J connectivity index is 0.000000750. The second-order valence-corrected chi connectivity index (χ2v) is 4.89. The third kappa shape index (κ3) is 1.41. The minimum absolute atomic E-state index is 0. The molecule has 14 heavy (non-hydrogen) atoms. The van der Waals surface area contributed by atoms with Gasteiger partial charge in [-0.2, -0.15) is 0 Å². The van der Waals surface area contributed by atoms with E-state index in [0.29, 0.717) is 5.25 Å². The van der Waals surface area contributed by atoms with Crippen molar-refractivity contribution in [3.63, 3.8) is 0 Å². The van der Waals surface area contributed by atoms with Crippen molar-refractivity contribution in [3.05, 3.63) is 34.2 Å². The molecule has 1 radical (unpaired) electrons. The summed E-state index contributed by atoms with van der Waals surface area (Å²) in [5, 5.41) is 3.42. The van der Waals surface area contributed by atoms with Crippen LogP contribution in [0.4, 0.5) is 0 Å². The molecule has 0 amide bonds. The van der Waals surface area contributed by atoms with Crippen LogP contribution >= 0.6 is 11.8 Å². The van der Waals surface area contributed by atoms with Gasteiger partial charge in [0.1, 0.15) is 0 Å². The maximum Gasteiger partial charge on any atom is 0.0255 e. The van der Waals surface area contributed by atoms with Gasteiger partial charge in [-0.05, 0) is 22.9 Å². The normalized spacial score (nSPS) is 20.5. The first-order valence-electron chi connectivity index (χ1n) is 4.54. The van der Waals surface area contributed by atoms with Crippen LogP contribution in [-0.4, -0.2) is 24.1 Å². The molecule has 0 saturated heterocycles. The molecule has 3 rings (SSSR count). The number of allylic oxidation sites excluding steroid dienone is 1. The first kappa shape index (κ1) is 10.2. The van der Waals surface area contributed by atoms with E-state index in [-0.39, 0.29) is 18.9 Å². The molecule has 1 atom stereocenters. The van der Waals surface area contributed by atoms with E-state index in [2.05, 4.69) is 43.4 Å². The van der Waals surface area contributed by atoms with Gasteiger partial charge in [0.25, 0.3) is 0 Å². The molecular weight excluding hydrogens is 183 g/mol. The minimum Gasteiger partial charge on any atom is -0.118 e. The van der Waals surface area contributed by atoms with Gasteiger partial charge in [-0.15, -0.1) is 11.8 Å². The van der Waals surface area contributed by atoms with E-state index in [4.69, 9.17) is 0 Å². The van der Waals surface area contributed by atoms with Crippen molar-refractivity contribution >= 4 is 48.9 Å². The second-order valence-electron chi connectivity index (χ2n) is 3.50. The monoisotopic (exact) mass is 193 g/mol. The molecular formula is C12H10LiS. The molecule has 1 aromatic carbocycles. The Kier molecular flexibility index (Phi) is 2.66. The quantitative estimate of drug-likeness (QED) is 0.561. The second kappa shape index (κ2) is 3.66. The van der Waals surface area contributed by atoms with Crippen LogP contribution < -0.4 is 10.4 Å². The predicted molar refractivity (Wildman–Crippen MR) is 64.7 cm³/mol. The van der Waals surface area contributed by atoms with Gasteiger partial charge in [-0.3, -0.25) is 0 Å². The number of thioether (sulfide) groups is 1. The molecule has 65 valence electrons. The molecule has 0 nitrogen and oxygen atoms in total. The number of hydrogen-bond donors (Lipinski definition) is 0. The van der Waals surface area contributed by atoms with Crippen LogP contribution in [0.25, 0.3) is 18.2 Å². The summed E-state index contributed by atoms with van der Waals surface area (Å²) in [5.41, 5.74) is 1.42. The SMILES string of the molecule is CC1C=c2ccc3c(c2S1)C=CC=3.[Li]. The van der Waals surface area contributed by atoms with Crippen molar-refractivity contribution in [3.8, 4) is 0 Å². The maximum atomic E-state index is 2.34. The predicted octanol–water partition coefficient (Wildman–Crippen LogP) is 1.39. The molecule has 2 heteroatoms. The Morgan fingerprint density at radius 3 is 2.86 bits per heavy atom. The van der Waals surface area contributed by atoms with E-state index in [9.17, 15) is 0 Å². The third-order valence-corrected chi connectivity index (χ3v) is 3.72. The average Bonchev–Trinajstić information content (AvgIpc) is 2.65. The first-order valence-corrected chi connectivity index (χ1v) is 5.42. The van der Waals surface area contributed by atoms with Crippen LogP contribution in [-0.2, 0) is 0 Å². The van der Waals surface area contributed by atoms with Crippen molar-refractivity contribution in [2.24, 2.45) is 0 Å². The van der Waals surface area contributed by atoms with Crippen LogP contribution in [0.1, 0.15) is 12.5 Å². The van der Waals surface area contributed by atoms with E-state index in [1.165, 1.54) is 20.9 Å². The van der Waals surface area contributed by atoms with E-state index in [1.807, 2.05) is 11.8 Å². The fraction of sp³-hybridized carbons (Fsp3) is 0.167. The Labute approximate surface area is 100.0 Å². The van der Waals surface area contributed by atoms with E-state index in [0.717, 1.165) is 0 Å². The standard InChI is InChI=1S/C12H10S.Li/c1-8-7-10-6-5-9-3-2-4-11(9)12(10)13-8;/h2-8H,1H3;. The molecule has 0 bridgehead atoms. The number of benzene rings is 1. The number of fused-ring (bicyclic) bond motifs is 3. The summed E-state index contributed by atoms with van der Waals surface area (Å²) in [6.07, 6.45) is 8.87. The topological polar surface area (TPSA) is 0 Å². The Bertz CT molecular complexity index is 514. The van der Waals surface area contributed by atoms with Crippen LogP contribution in [0.5, 0.6) is 0 Å². The summed E-state index contributed by atoms with van der Waals surface area (Å²) in [6.45, 7) is 2.25. The van der Waals surface area contributed by atoms with Crippen molar-refractivity contribution in [2.45, 2.75) is 17.1 Å².